The molecule has 0 aromatic heterocycles. The van der Waals surface area contributed by atoms with E-state index < -0.39 is 47.3 Å². The van der Waals surface area contributed by atoms with Crippen LogP contribution in [-0.2, 0) is 34.2 Å². The van der Waals surface area contributed by atoms with E-state index in [-0.39, 0.29) is 19.3 Å². The Morgan fingerprint density at radius 3 is 2.32 bits per heavy atom. The molecule has 2 atom stereocenters. The molecule has 28 heavy (non-hydrogen) atoms. The fourth-order valence-corrected chi connectivity index (χ4v) is 3.14. The molecular weight excluding hydrogens is 383 g/mol. The Morgan fingerprint density at radius 2 is 1.82 bits per heavy atom. The highest BCUT2D eigenvalue weighted by atomic mass is 19.4. The molecule has 0 radical (unpaired) electrons. The van der Waals surface area contributed by atoms with Gasteiger partial charge >= 0.3 is 18.1 Å². The van der Waals surface area contributed by atoms with Gasteiger partial charge in [-0.1, -0.05) is 30.3 Å². The van der Waals surface area contributed by atoms with Gasteiger partial charge in [0.15, 0.2) is 5.54 Å². The minimum atomic E-state index is -5.14. The maximum atomic E-state index is 13.9. The van der Waals surface area contributed by atoms with Crippen LogP contribution in [0, 0.1) is 0 Å². The normalized spacial score (nSPS) is 22.0. The van der Waals surface area contributed by atoms with E-state index in [1.807, 2.05) is 0 Å². The summed E-state index contributed by atoms with van der Waals surface area (Å²) in [6, 6.07) is 6.28. The number of piperidine rings is 1. The number of carbonyl (C=O) groups excluding carboxylic acids is 3. The molecule has 0 spiro atoms. The number of hydrogen-bond acceptors (Lipinski definition) is 6. The van der Waals surface area contributed by atoms with Gasteiger partial charge in [-0.25, -0.2) is 9.59 Å². The van der Waals surface area contributed by atoms with Crippen LogP contribution in [0.4, 0.5) is 13.2 Å². The molecule has 2 rings (SSSR count). The van der Waals surface area contributed by atoms with Gasteiger partial charge in [-0.2, -0.15) is 13.2 Å². The first-order chi connectivity index (χ1) is 13.1. The van der Waals surface area contributed by atoms with E-state index in [4.69, 9.17) is 4.74 Å². The van der Waals surface area contributed by atoms with Crippen LogP contribution >= 0.6 is 0 Å². The van der Waals surface area contributed by atoms with Gasteiger partial charge in [-0.3, -0.25) is 4.79 Å². The predicted molar refractivity (Wildman–Crippen MR) is 88.9 cm³/mol. The van der Waals surface area contributed by atoms with Crippen molar-refractivity contribution in [1.29, 1.82) is 0 Å². The van der Waals surface area contributed by atoms with E-state index >= 15 is 0 Å². The highest BCUT2D eigenvalue weighted by Crippen LogP contribution is 2.43. The van der Waals surface area contributed by atoms with Crippen LogP contribution in [0.15, 0.2) is 30.3 Å². The molecule has 1 unspecified atom stereocenters. The van der Waals surface area contributed by atoms with Crippen molar-refractivity contribution in [3.8, 4) is 0 Å². The summed E-state index contributed by atoms with van der Waals surface area (Å²) in [4.78, 5) is 36.5. The van der Waals surface area contributed by atoms with E-state index in [0.29, 0.717) is 0 Å². The zero-order chi connectivity index (χ0) is 21.0. The number of halogens is 3. The second-order valence-electron chi connectivity index (χ2n) is 6.30. The van der Waals surface area contributed by atoms with Crippen molar-refractivity contribution >= 4 is 17.8 Å². The van der Waals surface area contributed by atoms with Crippen LogP contribution in [0.2, 0.25) is 0 Å². The largest absolute Gasteiger partial charge is 0.467 e. The monoisotopic (exact) mass is 403 g/mol. The van der Waals surface area contributed by atoms with E-state index in [0.717, 1.165) is 26.4 Å². The molecule has 1 aromatic rings. The third-order valence-electron chi connectivity index (χ3n) is 4.59. The Morgan fingerprint density at radius 1 is 1.18 bits per heavy atom. The highest BCUT2D eigenvalue weighted by Gasteiger charge is 2.64. The molecule has 154 valence electrons. The first-order valence-electron chi connectivity index (χ1n) is 8.37. The smallest absolute Gasteiger partial charge is 0.432 e. The Balaban J connectivity index is 2.35. The number of carbonyl (C=O) groups is 3. The summed E-state index contributed by atoms with van der Waals surface area (Å²) < 4.78 is 55.8. The molecule has 1 N–H and O–H groups in total. The van der Waals surface area contributed by atoms with Crippen LogP contribution < -0.4 is 5.32 Å². The number of amides is 1. The van der Waals surface area contributed by atoms with Crippen molar-refractivity contribution in [2.75, 3.05) is 20.8 Å². The van der Waals surface area contributed by atoms with Gasteiger partial charge in [-0.15, -0.1) is 0 Å². The van der Waals surface area contributed by atoms with Gasteiger partial charge in [0.25, 0.3) is 5.60 Å². The molecule has 1 aliphatic heterocycles. The standard InChI is InChI=1S/C18H20F3NO6/c1-26-14(24)16(10-6-9-13(23)22-16)11-28-15(25)17(27-2,18(19,20)21)12-7-4-3-5-8-12/h3-5,7-8H,6,9-11H2,1-2H3,(H,22,23)/t16-,17?/m0/s1. The van der Waals surface area contributed by atoms with Crippen molar-refractivity contribution < 1.29 is 41.8 Å². The van der Waals surface area contributed by atoms with Crippen LogP contribution in [0.5, 0.6) is 0 Å². The lowest BCUT2D eigenvalue weighted by Gasteiger charge is -2.37. The number of alkyl halides is 3. The SMILES string of the molecule is COC(=O)[C@@]1(COC(=O)C(OC)(c2ccccc2)C(F)(F)F)CCCC(=O)N1. The lowest BCUT2D eigenvalue weighted by molar-refractivity contribution is -0.277. The summed E-state index contributed by atoms with van der Waals surface area (Å²) in [5.74, 6) is -3.16. The lowest BCUT2D eigenvalue weighted by Crippen LogP contribution is -2.61. The minimum absolute atomic E-state index is 0.0516. The molecular formula is C18H20F3NO6. The first kappa shape index (κ1) is 21.7. The van der Waals surface area contributed by atoms with Crippen LogP contribution in [0.1, 0.15) is 24.8 Å². The van der Waals surface area contributed by atoms with E-state index in [1.54, 1.807) is 0 Å². The van der Waals surface area contributed by atoms with Crippen LogP contribution in [0.25, 0.3) is 0 Å². The second kappa shape index (κ2) is 8.17. The third-order valence-corrected chi connectivity index (χ3v) is 4.59. The average molecular weight is 403 g/mol. The van der Waals surface area contributed by atoms with Gasteiger partial charge in [-0.05, 0) is 12.8 Å². The minimum Gasteiger partial charge on any atom is -0.467 e. The fourth-order valence-electron chi connectivity index (χ4n) is 3.14. The molecule has 1 heterocycles. The topological polar surface area (TPSA) is 90.9 Å². The van der Waals surface area contributed by atoms with E-state index in [1.165, 1.54) is 18.2 Å². The average Bonchev–Trinajstić information content (AvgIpc) is 2.66. The zero-order valence-electron chi connectivity index (χ0n) is 15.3. The summed E-state index contributed by atoms with van der Waals surface area (Å²) >= 11 is 0. The highest BCUT2D eigenvalue weighted by molar-refractivity contribution is 5.90. The molecule has 0 bridgehead atoms. The van der Waals surface area contributed by atoms with Gasteiger partial charge in [0.2, 0.25) is 5.91 Å². The molecule has 1 fully saturated rings. The number of hydrogen-bond donors (Lipinski definition) is 1. The van der Waals surface area contributed by atoms with Crippen LogP contribution in [0.3, 0.4) is 0 Å². The molecule has 1 aromatic carbocycles. The van der Waals surface area contributed by atoms with E-state index in [2.05, 4.69) is 14.8 Å². The summed E-state index contributed by atoms with van der Waals surface area (Å²) in [6.07, 6.45) is -4.67. The molecule has 7 nitrogen and oxygen atoms in total. The molecule has 1 amide bonds. The number of nitrogens with one attached hydrogen (secondary N) is 1. The summed E-state index contributed by atoms with van der Waals surface area (Å²) in [7, 11) is 1.80. The Bertz CT molecular complexity index is 739. The van der Waals surface area contributed by atoms with Crippen molar-refractivity contribution in [3.63, 3.8) is 0 Å². The van der Waals surface area contributed by atoms with E-state index in [9.17, 15) is 27.6 Å². The quantitative estimate of drug-likeness (QED) is 0.729. The molecule has 1 saturated heterocycles. The molecule has 0 aliphatic carbocycles. The van der Waals surface area contributed by atoms with Gasteiger partial charge in [0.1, 0.15) is 6.61 Å². The third kappa shape index (κ3) is 3.82. The maximum absolute atomic E-state index is 13.9. The first-order valence-corrected chi connectivity index (χ1v) is 8.37. The van der Waals surface area contributed by atoms with Gasteiger partial charge in [0.05, 0.1) is 7.11 Å². The van der Waals surface area contributed by atoms with Crippen molar-refractivity contribution in [1.82, 2.24) is 5.32 Å². The number of methoxy groups -OCH3 is 2. The van der Waals surface area contributed by atoms with Gasteiger partial charge in [0, 0.05) is 19.1 Å². The Kier molecular flexibility index (Phi) is 6.33. The molecule has 0 saturated carbocycles. The number of rotatable bonds is 6. The fraction of sp³-hybridized carbons (Fsp3) is 0.500. The Hall–Kier alpha value is -2.62. The summed E-state index contributed by atoms with van der Waals surface area (Å²) in [6.45, 7) is -0.821. The summed E-state index contributed by atoms with van der Waals surface area (Å²) in [5.41, 5.74) is -5.61. The number of benzene rings is 1. The zero-order valence-corrected chi connectivity index (χ0v) is 15.3. The maximum Gasteiger partial charge on any atom is 0.432 e. The van der Waals surface area contributed by atoms with Gasteiger partial charge < -0.3 is 19.5 Å². The van der Waals surface area contributed by atoms with Crippen molar-refractivity contribution in [2.45, 2.75) is 36.6 Å². The van der Waals surface area contributed by atoms with Crippen LogP contribution in [-0.4, -0.2) is 50.4 Å². The molecule has 1 aliphatic rings. The lowest BCUT2D eigenvalue weighted by atomic mass is 9.89. The predicted octanol–water partition coefficient (Wildman–Crippen LogP) is 1.85. The Labute approximate surface area is 159 Å². The number of esters is 2. The summed E-state index contributed by atoms with van der Waals surface area (Å²) in [5, 5.41) is 2.37. The van der Waals surface area contributed by atoms with Crippen molar-refractivity contribution in [3.05, 3.63) is 35.9 Å². The van der Waals surface area contributed by atoms with Crippen molar-refractivity contribution in [2.24, 2.45) is 0 Å². The molecule has 10 heteroatoms. The second-order valence-corrected chi connectivity index (χ2v) is 6.30. The number of ether oxygens (including phenoxy) is 3.